The predicted molar refractivity (Wildman–Crippen MR) is 76.1 cm³/mol. The van der Waals surface area contributed by atoms with Gasteiger partial charge in [0, 0.05) is 18.7 Å². The molecular formula is C13H11F3N8. The zero-order valence-corrected chi connectivity index (χ0v) is 12.4. The third kappa shape index (κ3) is 2.37. The van der Waals surface area contributed by atoms with E-state index in [9.17, 15) is 13.2 Å². The fraction of sp³-hybridized carbons (Fsp3) is 0.308. The molecule has 0 saturated heterocycles. The maximum absolute atomic E-state index is 12.7. The van der Waals surface area contributed by atoms with Crippen LogP contribution in [-0.4, -0.2) is 39.6 Å². The van der Waals surface area contributed by atoms with Crippen LogP contribution in [-0.2, 0) is 19.1 Å². The molecule has 0 unspecified atom stereocenters. The van der Waals surface area contributed by atoms with Gasteiger partial charge in [-0.25, -0.2) is 14.5 Å². The number of aromatic amines is 1. The van der Waals surface area contributed by atoms with Gasteiger partial charge in [0.25, 0.3) is 0 Å². The van der Waals surface area contributed by atoms with Crippen molar-refractivity contribution in [1.82, 2.24) is 39.6 Å². The summed E-state index contributed by atoms with van der Waals surface area (Å²) in [5.74, 6) is 0.494. The molecule has 24 heavy (non-hydrogen) atoms. The van der Waals surface area contributed by atoms with Gasteiger partial charge in [-0.15, -0.1) is 5.10 Å². The molecule has 0 saturated carbocycles. The third-order valence-corrected chi connectivity index (χ3v) is 3.65. The van der Waals surface area contributed by atoms with Crippen LogP contribution >= 0.6 is 0 Å². The molecule has 0 aliphatic rings. The van der Waals surface area contributed by atoms with E-state index in [4.69, 9.17) is 0 Å². The lowest BCUT2D eigenvalue weighted by molar-refractivity contribution is -0.141. The van der Waals surface area contributed by atoms with E-state index in [1.54, 1.807) is 13.1 Å². The first-order valence-corrected chi connectivity index (χ1v) is 7.07. The van der Waals surface area contributed by atoms with Crippen LogP contribution < -0.4 is 0 Å². The van der Waals surface area contributed by atoms with Gasteiger partial charge in [-0.05, 0) is 13.0 Å². The van der Waals surface area contributed by atoms with Gasteiger partial charge in [-0.3, -0.25) is 9.78 Å². The lowest BCUT2D eigenvalue weighted by Gasteiger charge is -2.02. The van der Waals surface area contributed by atoms with Crippen LogP contribution in [0.2, 0.25) is 0 Å². The third-order valence-electron chi connectivity index (χ3n) is 3.65. The molecule has 0 amide bonds. The quantitative estimate of drug-likeness (QED) is 0.616. The van der Waals surface area contributed by atoms with Crippen molar-refractivity contribution in [1.29, 1.82) is 0 Å². The number of rotatable bonds is 3. The second-order valence-electron chi connectivity index (χ2n) is 5.31. The topological polar surface area (TPSA) is 89.6 Å². The fourth-order valence-electron chi connectivity index (χ4n) is 2.47. The van der Waals surface area contributed by atoms with Crippen LogP contribution in [0.25, 0.3) is 16.7 Å². The van der Waals surface area contributed by atoms with E-state index in [1.165, 1.54) is 15.5 Å². The van der Waals surface area contributed by atoms with Gasteiger partial charge in [0.2, 0.25) is 0 Å². The van der Waals surface area contributed by atoms with E-state index in [-0.39, 0.29) is 6.54 Å². The number of hydrogen-bond donors (Lipinski definition) is 1. The van der Waals surface area contributed by atoms with Crippen molar-refractivity contribution in [3.63, 3.8) is 0 Å². The Morgan fingerprint density at radius 2 is 2.08 bits per heavy atom. The van der Waals surface area contributed by atoms with E-state index >= 15 is 0 Å². The van der Waals surface area contributed by atoms with Crippen molar-refractivity contribution >= 4 is 16.7 Å². The number of aromatic nitrogens is 8. The SMILES string of the molecule is Cc1cc(C(F)(F)F)nn1CCc1nc2c3cn[nH]c3ncn2n1. The predicted octanol–water partition coefficient (Wildman–Crippen LogP) is 1.77. The number of nitrogens with one attached hydrogen (secondary N) is 1. The normalized spacial score (nSPS) is 12.5. The number of nitrogens with zero attached hydrogens (tertiary/aromatic N) is 7. The van der Waals surface area contributed by atoms with Gasteiger partial charge in [0.1, 0.15) is 6.33 Å². The Morgan fingerprint density at radius 3 is 2.83 bits per heavy atom. The second-order valence-corrected chi connectivity index (χ2v) is 5.31. The first-order chi connectivity index (χ1) is 11.4. The molecule has 4 aromatic heterocycles. The molecule has 0 aromatic carbocycles. The smallest absolute Gasteiger partial charge is 0.269 e. The van der Waals surface area contributed by atoms with Crippen LogP contribution in [0.15, 0.2) is 18.6 Å². The van der Waals surface area contributed by atoms with Gasteiger partial charge in [0.15, 0.2) is 22.8 Å². The largest absolute Gasteiger partial charge is 0.435 e. The molecule has 8 nitrogen and oxygen atoms in total. The average Bonchev–Trinajstić information content (AvgIpc) is 3.20. The van der Waals surface area contributed by atoms with E-state index in [0.717, 1.165) is 11.5 Å². The molecule has 4 aromatic rings. The Morgan fingerprint density at radius 1 is 1.25 bits per heavy atom. The van der Waals surface area contributed by atoms with Crippen molar-refractivity contribution in [2.75, 3.05) is 0 Å². The Bertz CT molecular complexity index is 1030. The highest BCUT2D eigenvalue weighted by molar-refractivity contribution is 5.87. The summed E-state index contributed by atoms with van der Waals surface area (Å²) in [5, 5.41) is 15.2. The summed E-state index contributed by atoms with van der Waals surface area (Å²) >= 11 is 0. The molecule has 0 radical (unpaired) electrons. The number of hydrogen-bond acceptors (Lipinski definition) is 5. The molecule has 1 N–H and O–H groups in total. The van der Waals surface area contributed by atoms with Crippen molar-refractivity contribution < 1.29 is 13.2 Å². The van der Waals surface area contributed by atoms with Gasteiger partial charge in [-0.1, -0.05) is 0 Å². The highest BCUT2D eigenvalue weighted by Crippen LogP contribution is 2.28. The minimum absolute atomic E-state index is 0.251. The Kier molecular flexibility index (Phi) is 3.05. The number of aryl methyl sites for hydroxylation is 3. The summed E-state index contributed by atoms with van der Waals surface area (Å²) in [4.78, 5) is 8.55. The van der Waals surface area contributed by atoms with Crippen LogP contribution in [0.5, 0.6) is 0 Å². The lowest BCUT2D eigenvalue weighted by atomic mass is 10.3. The van der Waals surface area contributed by atoms with Crippen LogP contribution in [0.3, 0.4) is 0 Å². The zero-order valence-electron chi connectivity index (χ0n) is 12.4. The molecule has 11 heteroatoms. The molecule has 124 valence electrons. The number of alkyl halides is 3. The summed E-state index contributed by atoms with van der Waals surface area (Å²) in [7, 11) is 0. The van der Waals surface area contributed by atoms with Gasteiger partial charge < -0.3 is 0 Å². The van der Waals surface area contributed by atoms with Gasteiger partial charge in [0.05, 0.1) is 11.6 Å². The van der Waals surface area contributed by atoms with Crippen molar-refractivity contribution in [3.05, 3.63) is 35.8 Å². The Labute approximate surface area is 132 Å². The Hall–Kier alpha value is -2.98. The molecular weight excluding hydrogens is 325 g/mol. The highest BCUT2D eigenvalue weighted by Gasteiger charge is 2.34. The summed E-state index contributed by atoms with van der Waals surface area (Å²) < 4.78 is 40.9. The molecule has 4 heterocycles. The van der Waals surface area contributed by atoms with Crippen LogP contribution in [0, 0.1) is 6.92 Å². The highest BCUT2D eigenvalue weighted by atomic mass is 19.4. The van der Waals surface area contributed by atoms with E-state index in [0.29, 0.717) is 29.2 Å². The standard InChI is InChI=1S/C13H11F3N8/c1-7-4-9(13(14,15)16)21-23(7)3-2-10-19-12-8-5-18-20-11(8)17-6-24(12)22-10/h4-6H,2-3H2,1H3,(H,18,20). The van der Waals surface area contributed by atoms with Crippen molar-refractivity contribution in [3.8, 4) is 0 Å². The summed E-state index contributed by atoms with van der Waals surface area (Å²) in [5.41, 5.74) is 0.730. The van der Waals surface area contributed by atoms with Crippen LogP contribution in [0.1, 0.15) is 17.2 Å². The second kappa shape index (κ2) is 5.01. The maximum atomic E-state index is 12.7. The molecule has 0 aliphatic heterocycles. The van der Waals surface area contributed by atoms with Crippen molar-refractivity contribution in [2.45, 2.75) is 26.1 Å². The number of fused-ring (bicyclic) bond motifs is 3. The molecule has 0 spiro atoms. The van der Waals surface area contributed by atoms with E-state index < -0.39 is 11.9 Å². The summed E-state index contributed by atoms with van der Waals surface area (Å²) in [6, 6.07) is 1.02. The maximum Gasteiger partial charge on any atom is 0.435 e. The summed E-state index contributed by atoms with van der Waals surface area (Å²) in [6.07, 6.45) is -0.993. The lowest BCUT2D eigenvalue weighted by Crippen LogP contribution is -2.10. The van der Waals surface area contributed by atoms with Crippen molar-refractivity contribution in [2.24, 2.45) is 0 Å². The fourth-order valence-corrected chi connectivity index (χ4v) is 2.47. The molecule has 0 bridgehead atoms. The van der Waals surface area contributed by atoms with E-state index in [1.807, 2.05) is 0 Å². The Balaban J connectivity index is 1.60. The minimum atomic E-state index is -4.45. The van der Waals surface area contributed by atoms with Gasteiger partial charge >= 0.3 is 6.18 Å². The van der Waals surface area contributed by atoms with Crippen LogP contribution in [0.4, 0.5) is 13.2 Å². The number of halogens is 3. The van der Waals surface area contributed by atoms with Gasteiger partial charge in [-0.2, -0.15) is 23.4 Å². The minimum Gasteiger partial charge on any atom is -0.269 e. The monoisotopic (exact) mass is 336 g/mol. The molecule has 0 fully saturated rings. The first-order valence-electron chi connectivity index (χ1n) is 7.07. The first kappa shape index (κ1) is 14.6. The molecule has 0 atom stereocenters. The zero-order chi connectivity index (χ0) is 16.9. The molecule has 4 rings (SSSR count). The molecule has 0 aliphatic carbocycles. The summed E-state index contributed by atoms with van der Waals surface area (Å²) in [6.45, 7) is 1.83. The van der Waals surface area contributed by atoms with E-state index in [2.05, 4.69) is 30.4 Å². The number of H-pyrrole nitrogens is 1. The average molecular weight is 336 g/mol.